The molecular weight excluding hydrogens is 240 g/mol. The number of aryl methyl sites for hydroxylation is 1. The maximum atomic E-state index is 9.24. The fourth-order valence-electron chi connectivity index (χ4n) is 2.39. The van der Waals surface area contributed by atoms with Crippen molar-refractivity contribution in [2.75, 3.05) is 0 Å². The van der Waals surface area contributed by atoms with Crippen LogP contribution < -0.4 is 0 Å². The molecule has 19 heavy (non-hydrogen) atoms. The van der Waals surface area contributed by atoms with Gasteiger partial charge in [0.1, 0.15) is 5.75 Å². The lowest BCUT2D eigenvalue weighted by molar-refractivity contribution is -0.0886. The van der Waals surface area contributed by atoms with Crippen LogP contribution in [0, 0.1) is 5.92 Å². The summed E-state index contributed by atoms with van der Waals surface area (Å²) in [6.07, 6.45) is 5.86. The molecule has 1 rings (SSSR count). The predicted molar refractivity (Wildman–Crippen MR) is 76.9 cm³/mol. The zero-order chi connectivity index (χ0) is 14.1. The van der Waals surface area contributed by atoms with E-state index in [0.717, 1.165) is 44.9 Å². The van der Waals surface area contributed by atoms with Crippen LogP contribution in [-0.2, 0) is 6.42 Å². The topological polar surface area (TPSA) is 60.7 Å². The van der Waals surface area contributed by atoms with Crippen LogP contribution in [0.15, 0.2) is 24.3 Å². The third-order valence-corrected chi connectivity index (χ3v) is 3.56. The molecule has 3 N–H and O–H groups in total. The lowest BCUT2D eigenvalue weighted by Crippen LogP contribution is -2.19. The Morgan fingerprint density at radius 1 is 0.947 bits per heavy atom. The molecule has 108 valence electrons. The first-order valence-corrected chi connectivity index (χ1v) is 7.27. The van der Waals surface area contributed by atoms with Gasteiger partial charge in [0.15, 0.2) is 6.29 Å². The van der Waals surface area contributed by atoms with Gasteiger partial charge >= 0.3 is 0 Å². The predicted octanol–water partition coefficient (Wildman–Crippen LogP) is 3.22. The van der Waals surface area contributed by atoms with Crippen molar-refractivity contribution in [1.29, 1.82) is 0 Å². The zero-order valence-electron chi connectivity index (χ0n) is 11.8. The van der Waals surface area contributed by atoms with Crippen LogP contribution in [-0.4, -0.2) is 21.6 Å². The summed E-state index contributed by atoms with van der Waals surface area (Å²) in [4.78, 5) is 0. The van der Waals surface area contributed by atoms with Gasteiger partial charge in [0.05, 0.1) is 0 Å². The maximum absolute atomic E-state index is 9.24. The molecule has 0 bridgehead atoms. The number of phenolic OH excluding ortho intramolecular Hbond substituents is 1. The van der Waals surface area contributed by atoms with Gasteiger partial charge < -0.3 is 15.3 Å². The molecule has 1 aromatic carbocycles. The van der Waals surface area contributed by atoms with E-state index < -0.39 is 6.29 Å². The molecule has 0 amide bonds. The van der Waals surface area contributed by atoms with Crippen molar-refractivity contribution in [3.8, 4) is 5.75 Å². The van der Waals surface area contributed by atoms with Crippen LogP contribution >= 0.6 is 0 Å². The zero-order valence-corrected chi connectivity index (χ0v) is 11.8. The van der Waals surface area contributed by atoms with Crippen molar-refractivity contribution < 1.29 is 15.3 Å². The van der Waals surface area contributed by atoms with Gasteiger partial charge in [-0.25, -0.2) is 0 Å². The summed E-state index contributed by atoms with van der Waals surface area (Å²) < 4.78 is 0. The number of phenols is 1. The second-order valence-corrected chi connectivity index (χ2v) is 5.23. The first-order valence-electron chi connectivity index (χ1n) is 7.27. The largest absolute Gasteiger partial charge is 0.508 e. The molecule has 3 heteroatoms. The number of aliphatic hydroxyl groups excluding tert-OH is 1. The summed E-state index contributed by atoms with van der Waals surface area (Å²) in [6.45, 7) is 2.07. The highest BCUT2D eigenvalue weighted by molar-refractivity contribution is 5.25. The molecule has 0 fully saturated rings. The summed E-state index contributed by atoms with van der Waals surface area (Å²) in [7, 11) is 0. The average Bonchev–Trinajstić information content (AvgIpc) is 2.39. The van der Waals surface area contributed by atoms with Crippen molar-refractivity contribution in [3.05, 3.63) is 29.8 Å². The Morgan fingerprint density at radius 2 is 1.63 bits per heavy atom. The van der Waals surface area contributed by atoms with Crippen LogP contribution in [0.1, 0.15) is 51.0 Å². The lowest BCUT2D eigenvalue weighted by atomic mass is 9.95. The number of aromatic hydroxyl groups is 1. The second-order valence-electron chi connectivity index (χ2n) is 5.23. The van der Waals surface area contributed by atoms with E-state index in [1.165, 1.54) is 5.56 Å². The fraction of sp³-hybridized carbons (Fsp3) is 0.625. The molecule has 0 aliphatic heterocycles. The molecule has 1 atom stereocenters. The minimum atomic E-state index is -1.17. The number of hydrogen-bond acceptors (Lipinski definition) is 3. The Hall–Kier alpha value is -1.06. The van der Waals surface area contributed by atoms with Gasteiger partial charge in [0, 0.05) is 5.92 Å². The highest BCUT2D eigenvalue weighted by Gasteiger charge is 2.14. The smallest absolute Gasteiger partial charge is 0.154 e. The Balaban J connectivity index is 2.15. The molecule has 1 aromatic rings. The standard InChI is InChI=1S/C16H26O3/c1-2-6-14(16(18)19)8-5-3-4-7-13-9-11-15(17)12-10-13/h9-12,14,16-19H,2-8H2,1H3. The number of rotatable bonds is 9. The first kappa shape index (κ1) is 16.0. The van der Waals surface area contributed by atoms with Crippen molar-refractivity contribution in [2.24, 2.45) is 5.92 Å². The molecule has 0 radical (unpaired) electrons. The van der Waals surface area contributed by atoms with Gasteiger partial charge in [-0.15, -0.1) is 0 Å². The van der Waals surface area contributed by atoms with E-state index in [4.69, 9.17) is 0 Å². The summed E-state index contributed by atoms with van der Waals surface area (Å²) in [5.74, 6) is 0.335. The molecular formula is C16H26O3. The molecule has 0 aromatic heterocycles. The Kier molecular flexibility index (Phi) is 7.53. The van der Waals surface area contributed by atoms with Crippen LogP contribution in [0.3, 0.4) is 0 Å². The van der Waals surface area contributed by atoms with Gasteiger partial charge in [-0.1, -0.05) is 38.3 Å². The van der Waals surface area contributed by atoms with Gasteiger partial charge in [-0.05, 0) is 43.4 Å². The molecule has 3 nitrogen and oxygen atoms in total. The fourth-order valence-corrected chi connectivity index (χ4v) is 2.39. The highest BCUT2D eigenvalue weighted by Crippen LogP contribution is 2.19. The quantitative estimate of drug-likeness (QED) is 0.475. The van der Waals surface area contributed by atoms with E-state index in [2.05, 4.69) is 6.92 Å². The van der Waals surface area contributed by atoms with Crippen molar-refractivity contribution in [3.63, 3.8) is 0 Å². The Bertz CT molecular complexity index is 332. The summed E-state index contributed by atoms with van der Waals surface area (Å²) >= 11 is 0. The van der Waals surface area contributed by atoms with Gasteiger partial charge in [0.25, 0.3) is 0 Å². The van der Waals surface area contributed by atoms with Gasteiger partial charge in [-0.2, -0.15) is 0 Å². The maximum Gasteiger partial charge on any atom is 0.154 e. The normalized spacial score (nSPS) is 12.8. The summed E-state index contributed by atoms with van der Waals surface area (Å²) in [5.41, 5.74) is 1.24. The molecule has 0 heterocycles. The van der Waals surface area contributed by atoms with Crippen molar-refractivity contribution in [2.45, 2.75) is 58.2 Å². The number of aliphatic hydroxyl groups is 2. The van der Waals surface area contributed by atoms with E-state index in [9.17, 15) is 15.3 Å². The molecule has 0 saturated heterocycles. The van der Waals surface area contributed by atoms with Gasteiger partial charge in [0.2, 0.25) is 0 Å². The Labute approximate surface area is 115 Å². The van der Waals surface area contributed by atoms with E-state index in [-0.39, 0.29) is 5.92 Å². The molecule has 0 aliphatic rings. The average molecular weight is 266 g/mol. The third-order valence-electron chi connectivity index (χ3n) is 3.56. The van der Waals surface area contributed by atoms with Crippen molar-refractivity contribution in [1.82, 2.24) is 0 Å². The van der Waals surface area contributed by atoms with E-state index in [1.54, 1.807) is 12.1 Å². The first-order chi connectivity index (χ1) is 9.13. The molecule has 0 aliphatic carbocycles. The van der Waals surface area contributed by atoms with Crippen LogP contribution in [0.2, 0.25) is 0 Å². The van der Waals surface area contributed by atoms with Crippen molar-refractivity contribution >= 4 is 0 Å². The highest BCUT2D eigenvalue weighted by atomic mass is 16.5. The van der Waals surface area contributed by atoms with Crippen LogP contribution in [0.25, 0.3) is 0 Å². The second kappa shape index (κ2) is 8.94. The van der Waals surface area contributed by atoms with Gasteiger partial charge in [-0.3, -0.25) is 0 Å². The van der Waals surface area contributed by atoms with Crippen LogP contribution in [0.4, 0.5) is 0 Å². The van der Waals surface area contributed by atoms with E-state index in [0.29, 0.717) is 5.75 Å². The number of hydrogen-bond donors (Lipinski definition) is 3. The molecule has 0 spiro atoms. The minimum absolute atomic E-state index is 0.0265. The molecule has 0 saturated carbocycles. The summed E-state index contributed by atoms with van der Waals surface area (Å²) in [5, 5.41) is 27.7. The van der Waals surface area contributed by atoms with E-state index >= 15 is 0 Å². The van der Waals surface area contributed by atoms with Crippen LogP contribution in [0.5, 0.6) is 5.75 Å². The Morgan fingerprint density at radius 3 is 2.21 bits per heavy atom. The minimum Gasteiger partial charge on any atom is -0.508 e. The SMILES string of the molecule is CCCC(CCCCCc1ccc(O)cc1)C(O)O. The summed E-state index contributed by atoms with van der Waals surface area (Å²) in [6, 6.07) is 7.34. The number of benzene rings is 1. The number of unbranched alkanes of at least 4 members (excludes halogenated alkanes) is 2. The molecule has 1 unspecified atom stereocenters. The monoisotopic (exact) mass is 266 g/mol. The lowest BCUT2D eigenvalue weighted by Gasteiger charge is -2.17. The van der Waals surface area contributed by atoms with E-state index in [1.807, 2.05) is 12.1 Å². The third kappa shape index (κ3) is 6.60.